The molecule has 2 atom stereocenters. The molecule has 0 bridgehead atoms. The fourth-order valence-corrected chi connectivity index (χ4v) is 3.92. The molecule has 3 aromatic rings. The number of aryl methyl sites for hydroxylation is 2. The van der Waals surface area contributed by atoms with Gasteiger partial charge in [0.15, 0.2) is 0 Å². The Hall–Kier alpha value is -3.92. The molecular formula is C24H24N6O. The van der Waals surface area contributed by atoms with Gasteiger partial charge in [-0.2, -0.15) is 10.2 Å². The van der Waals surface area contributed by atoms with Gasteiger partial charge in [-0.3, -0.25) is 4.79 Å². The fraction of sp³-hybridized carbons (Fsp3) is 0.250. The number of hydrogen-bond donors (Lipinski definition) is 3. The number of aromatic nitrogens is 2. The van der Waals surface area contributed by atoms with Crippen LogP contribution in [0.2, 0.25) is 0 Å². The van der Waals surface area contributed by atoms with E-state index in [0.717, 1.165) is 28.9 Å². The second-order valence-corrected chi connectivity index (χ2v) is 8.01. The third-order valence-electron chi connectivity index (χ3n) is 5.55. The van der Waals surface area contributed by atoms with Crippen LogP contribution >= 0.6 is 0 Å². The molecule has 1 amide bonds. The van der Waals surface area contributed by atoms with Gasteiger partial charge >= 0.3 is 0 Å². The molecule has 0 spiro atoms. The molecule has 1 aromatic heterocycles. The van der Waals surface area contributed by atoms with Crippen molar-refractivity contribution in [3.05, 3.63) is 70.9 Å². The van der Waals surface area contributed by atoms with Gasteiger partial charge in [-0.25, -0.2) is 4.98 Å². The van der Waals surface area contributed by atoms with Gasteiger partial charge in [0, 0.05) is 24.0 Å². The van der Waals surface area contributed by atoms with Crippen molar-refractivity contribution in [1.29, 1.82) is 5.26 Å². The summed E-state index contributed by atoms with van der Waals surface area (Å²) in [5.41, 5.74) is 11.3. The summed E-state index contributed by atoms with van der Waals surface area (Å²) >= 11 is 0. The van der Waals surface area contributed by atoms with E-state index in [9.17, 15) is 4.79 Å². The summed E-state index contributed by atoms with van der Waals surface area (Å²) in [4.78, 5) is 20.0. The summed E-state index contributed by atoms with van der Waals surface area (Å²) in [5.74, 6) is 1.71. The molecule has 1 saturated carbocycles. The van der Waals surface area contributed by atoms with Gasteiger partial charge in [-0.05, 0) is 79.1 Å². The molecule has 1 heterocycles. The maximum Gasteiger partial charge on any atom is 0.229 e. The van der Waals surface area contributed by atoms with Gasteiger partial charge in [-0.1, -0.05) is 12.1 Å². The third kappa shape index (κ3) is 4.81. The van der Waals surface area contributed by atoms with E-state index < -0.39 is 0 Å². The molecule has 0 radical (unpaired) electrons. The van der Waals surface area contributed by atoms with Gasteiger partial charge in [-0.15, -0.1) is 0 Å². The van der Waals surface area contributed by atoms with Crippen molar-refractivity contribution in [2.45, 2.75) is 32.6 Å². The van der Waals surface area contributed by atoms with Crippen molar-refractivity contribution in [3.63, 3.8) is 0 Å². The van der Waals surface area contributed by atoms with Gasteiger partial charge in [0.2, 0.25) is 11.9 Å². The summed E-state index contributed by atoms with van der Waals surface area (Å²) in [5, 5.41) is 15.5. The second-order valence-electron chi connectivity index (χ2n) is 8.01. The largest absolute Gasteiger partial charge is 0.370 e. The number of anilines is 4. The molecule has 2 aromatic carbocycles. The number of nitrogens with one attached hydrogen (secondary N) is 2. The Balaban J connectivity index is 1.48. The van der Waals surface area contributed by atoms with Crippen LogP contribution in [0.3, 0.4) is 0 Å². The molecule has 0 aliphatic heterocycles. The number of carbonyl (C=O) groups is 1. The first-order valence-corrected chi connectivity index (χ1v) is 10.2. The average Bonchev–Trinajstić information content (AvgIpc) is 3.50. The van der Waals surface area contributed by atoms with Crippen LogP contribution in [0.15, 0.2) is 48.7 Å². The maximum absolute atomic E-state index is 11.2. The number of nitrogens with two attached hydrogens (primary N) is 1. The third-order valence-corrected chi connectivity index (χ3v) is 5.55. The van der Waals surface area contributed by atoms with Crippen LogP contribution in [0.4, 0.5) is 23.1 Å². The molecule has 4 rings (SSSR count). The highest BCUT2D eigenvalue weighted by molar-refractivity contribution is 5.74. The lowest BCUT2D eigenvalue weighted by Crippen LogP contribution is -2.11. The van der Waals surface area contributed by atoms with Crippen molar-refractivity contribution in [2.24, 2.45) is 11.7 Å². The van der Waals surface area contributed by atoms with Gasteiger partial charge in [0.1, 0.15) is 5.82 Å². The first kappa shape index (κ1) is 20.4. The number of rotatable bonds is 7. The first-order chi connectivity index (χ1) is 14.9. The van der Waals surface area contributed by atoms with Gasteiger partial charge < -0.3 is 16.4 Å². The molecule has 7 nitrogen and oxygen atoms in total. The quantitative estimate of drug-likeness (QED) is 0.528. The van der Waals surface area contributed by atoms with E-state index in [1.54, 1.807) is 18.3 Å². The summed E-state index contributed by atoms with van der Waals surface area (Å²) < 4.78 is 0. The number of hydrogen-bond acceptors (Lipinski definition) is 6. The second kappa shape index (κ2) is 8.44. The maximum atomic E-state index is 11.2. The van der Waals surface area contributed by atoms with E-state index in [-0.39, 0.29) is 5.91 Å². The van der Waals surface area contributed by atoms with Gasteiger partial charge in [0.25, 0.3) is 0 Å². The van der Waals surface area contributed by atoms with Crippen molar-refractivity contribution in [3.8, 4) is 6.07 Å². The number of amides is 1. The lowest BCUT2D eigenvalue weighted by Gasteiger charge is -2.15. The minimum absolute atomic E-state index is 0.228. The Bertz CT molecular complexity index is 1140. The molecule has 4 N–H and O–H groups in total. The SMILES string of the molecule is Cc1cc(C2CC2CC(N)=O)cc(C)c1Nc1ccnc(Nc2ccc(C#N)cc2)n1. The Morgan fingerprint density at radius 2 is 1.87 bits per heavy atom. The van der Waals surface area contributed by atoms with Crippen LogP contribution in [0, 0.1) is 31.1 Å². The lowest BCUT2D eigenvalue weighted by atomic mass is 10.00. The number of primary amides is 1. The molecule has 1 aliphatic carbocycles. The minimum Gasteiger partial charge on any atom is -0.370 e. The predicted octanol–water partition coefficient (Wildman–Crippen LogP) is 4.43. The zero-order valence-corrected chi connectivity index (χ0v) is 17.5. The Labute approximate surface area is 181 Å². The summed E-state index contributed by atoms with van der Waals surface area (Å²) in [6.45, 7) is 4.14. The highest BCUT2D eigenvalue weighted by atomic mass is 16.1. The Morgan fingerprint density at radius 1 is 1.16 bits per heavy atom. The highest BCUT2D eigenvalue weighted by Gasteiger charge is 2.39. The summed E-state index contributed by atoms with van der Waals surface area (Å²) in [6.07, 6.45) is 3.17. The summed E-state index contributed by atoms with van der Waals surface area (Å²) in [7, 11) is 0. The number of nitriles is 1. The van der Waals surface area contributed by atoms with Crippen LogP contribution in [0.1, 0.15) is 41.0 Å². The van der Waals surface area contributed by atoms with E-state index in [1.807, 2.05) is 18.2 Å². The molecule has 0 saturated heterocycles. The zero-order chi connectivity index (χ0) is 22.0. The van der Waals surface area contributed by atoms with E-state index in [0.29, 0.717) is 35.6 Å². The van der Waals surface area contributed by atoms with E-state index >= 15 is 0 Å². The normalized spacial score (nSPS) is 16.9. The molecule has 31 heavy (non-hydrogen) atoms. The van der Waals surface area contributed by atoms with E-state index in [2.05, 4.69) is 52.7 Å². The fourth-order valence-electron chi connectivity index (χ4n) is 3.92. The van der Waals surface area contributed by atoms with Gasteiger partial charge in [0.05, 0.1) is 11.6 Å². The average molecular weight is 412 g/mol. The standard InChI is InChI=1S/C24H24N6O/c1-14-9-17(20-11-18(20)12-21(26)31)10-15(2)23(14)29-22-7-8-27-24(30-22)28-19-5-3-16(13-25)4-6-19/h3-10,18,20H,11-12H2,1-2H3,(H2,26,31)(H2,27,28,29,30). The van der Waals surface area contributed by atoms with Crippen molar-refractivity contribution < 1.29 is 4.79 Å². The molecular weight excluding hydrogens is 388 g/mol. The number of nitrogens with zero attached hydrogens (tertiary/aromatic N) is 3. The van der Waals surface area contributed by atoms with Crippen LogP contribution in [0.25, 0.3) is 0 Å². The number of benzene rings is 2. The molecule has 1 aliphatic rings. The van der Waals surface area contributed by atoms with E-state index in [1.165, 1.54) is 5.56 Å². The van der Waals surface area contributed by atoms with Crippen molar-refractivity contribution in [1.82, 2.24) is 9.97 Å². The predicted molar refractivity (Wildman–Crippen MR) is 120 cm³/mol. The molecule has 2 unspecified atom stereocenters. The minimum atomic E-state index is -0.228. The Kier molecular flexibility index (Phi) is 5.54. The van der Waals surface area contributed by atoms with Crippen LogP contribution in [-0.4, -0.2) is 15.9 Å². The molecule has 156 valence electrons. The van der Waals surface area contributed by atoms with Crippen LogP contribution in [-0.2, 0) is 4.79 Å². The monoisotopic (exact) mass is 412 g/mol. The highest BCUT2D eigenvalue weighted by Crippen LogP contribution is 2.50. The van der Waals surface area contributed by atoms with Crippen molar-refractivity contribution in [2.75, 3.05) is 10.6 Å². The summed E-state index contributed by atoms with van der Waals surface area (Å²) in [6, 6.07) is 15.4. The zero-order valence-electron chi connectivity index (χ0n) is 17.5. The molecule has 7 heteroatoms. The van der Waals surface area contributed by atoms with E-state index in [4.69, 9.17) is 11.0 Å². The first-order valence-electron chi connectivity index (χ1n) is 10.2. The van der Waals surface area contributed by atoms with Crippen LogP contribution < -0.4 is 16.4 Å². The smallest absolute Gasteiger partial charge is 0.229 e. The topological polar surface area (TPSA) is 117 Å². The van der Waals surface area contributed by atoms with Crippen LogP contribution in [0.5, 0.6) is 0 Å². The molecule has 1 fully saturated rings. The lowest BCUT2D eigenvalue weighted by molar-refractivity contribution is -0.118. The number of carbonyl (C=O) groups excluding carboxylic acids is 1. The van der Waals surface area contributed by atoms with Crippen molar-refractivity contribution >= 4 is 29.0 Å². The Morgan fingerprint density at radius 3 is 2.52 bits per heavy atom.